The molecule has 0 bridgehead atoms. The molecule has 0 aliphatic heterocycles. The van der Waals surface area contributed by atoms with E-state index in [4.69, 9.17) is 4.74 Å². The summed E-state index contributed by atoms with van der Waals surface area (Å²) in [5.41, 5.74) is 9.62. The smallest absolute Gasteiger partial charge is 0.125 e. The molecule has 1 heteroatoms. The molecule has 0 aromatic heterocycles. The van der Waals surface area contributed by atoms with Crippen LogP contribution in [0, 0.1) is 13.8 Å². The van der Waals surface area contributed by atoms with Gasteiger partial charge in [-0.25, -0.2) is 0 Å². The first kappa shape index (κ1) is 13.9. The average molecular weight is 256 g/mol. The normalized spacial score (nSPS) is 16.6. The zero-order valence-electron chi connectivity index (χ0n) is 13.1. The molecule has 0 unspecified atom stereocenters. The number of allylic oxidation sites excluding steroid dienone is 4. The highest BCUT2D eigenvalue weighted by Gasteiger charge is 2.28. The van der Waals surface area contributed by atoms with Crippen LogP contribution in [0.1, 0.15) is 50.3 Å². The van der Waals surface area contributed by atoms with Crippen LogP contribution in [-0.4, -0.2) is 7.11 Å². The maximum Gasteiger partial charge on any atom is 0.125 e. The van der Waals surface area contributed by atoms with Crippen molar-refractivity contribution in [3.05, 3.63) is 51.1 Å². The second-order valence-electron chi connectivity index (χ2n) is 5.75. The summed E-state index contributed by atoms with van der Waals surface area (Å²) < 4.78 is 5.67. The van der Waals surface area contributed by atoms with E-state index in [2.05, 4.69) is 53.7 Å². The number of hydrogen-bond donors (Lipinski definition) is 0. The third kappa shape index (κ3) is 2.11. The maximum absolute atomic E-state index is 5.67. The van der Waals surface area contributed by atoms with E-state index in [1.165, 1.54) is 39.0 Å². The standard InChI is InChI=1S/C18H24O/c1-10-8-11(2)18(19-7)16(9-10)17-14(5)12(3)13(4)15(17)6/h8-9,17H,1-7H3. The molecule has 0 amide bonds. The molecule has 0 N–H and O–H groups in total. The minimum atomic E-state index is 0.383. The third-order valence-corrected chi connectivity index (χ3v) is 4.57. The van der Waals surface area contributed by atoms with Crippen LogP contribution in [0.5, 0.6) is 5.75 Å². The summed E-state index contributed by atoms with van der Waals surface area (Å²) in [4.78, 5) is 0. The lowest BCUT2D eigenvalue weighted by Gasteiger charge is -2.21. The molecular weight excluding hydrogens is 232 g/mol. The van der Waals surface area contributed by atoms with Crippen LogP contribution >= 0.6 is 0 Å². The van der Waals surface area contributed by atoms with Gasteiger partial charge < -0.3 is 4.74 Å². The molecule has 19 heavy (non-hydrogen) atoms. The Hall–Kier alpha value is -1.50. The van der Waals surface area contributed by atoms with Crippen LogP contribution in [-0.2, 0) is 0 Å². The van der Waals surface area contributed by atoms with Gasteiger partial charge in [-0.1, -0.05) is 28.8 Å². The van der Waals surface area contributed by atoms with E-state index in [0.717, 1.165) is 5.75 Å². The molecule has 0 spiro atoms. The molecule has 0 saturated carbocycles. The number of aryl methyl sites for hydroxylation is 2. The molecular formula is C18H24O. The molecule has 1 aromatic rings. The SMILES string of the molecule is COc1c(C)cc(C)cc1C1C(C)=C(C)C(C)=C1C. The van der Waals surface area contributed by atoms with Crippen molar-refractivity contribution < 1.29 is 4.74 Å². The van der Waals surface area contributed by atoms with Crippen LogP contribution in [0.3, 0.4) is 0 Å². The predicted molar refractivity (Wildman–Crippen MR) is 82.0 cm³/mol. The first-order valence-electron chi connectivity index (χ1n) is 6.88. The first-order valence-corrected chi connectivity index (χ1v) is 6.88. The lowest BCUT2D eigenvalue weighted by Crippen LogP contribution is -2.04. The van der Waals surface area contributed by atoms with Crippen molar-refractivity contribution in [2.45, 2.75) is 47.5 Å². The van der Waals surface area contributed by atoms with E-state index < -0.39 is 0 Å². The molecule has 1 aliphatic rings. The van der Waals surface area contributed by atoms with E-state index in [9.17, 15) is 0 Å². The van der Waals surface area contributed by atoms with Crippen molar-refractivity contribution in [2.75, 3.05) is 7.11 Å². The summed E-state index contributed by atoms with van der Waals surface area (Å²) in [5.74, 6) is 1.42. The number of rotatable bonds is 2. The summed E-state index contributed by atoms with van der Waals surface area (Å²) >= 11 is 0. The molecule has 0 atom stereocenters. The van der Waals surface area contributed by atoms with Crippen LogP contribution in [0.2, 0.25) is 0 Å². The lowest BCUT2D eigenvalue weighted by molar-refractivity contribution is 0.405. The van der Waals surface area contributed by atoms with Gasteiger partial charge in [-0.2, -0.15) is 0 Å². The summed E-state index contributed by atoms with van der Waals surface area (Å²) in [6, 6.07) is 4.46. The van der Waals surface area contributed by atoms with Gasteiger partial charge in [0.05, 0.1) is 7.11 Å². The van der Waals surface area contributed by atoms with Gasteiger partial charge in [0.25, 0.3) is 0 Å². The Balaban J connectivity index is 2.67. The first-order chi connectivity index (χ1) is 8.88. The van der Waals surface area contributed by atoms with Crippen LogP contribution in [0.25, 0.3) is 0 Å². The number of ether oxygens (including phenoxy) is 1. The van der Waals surface area contributed by atoms with Gasteiger partial charge in [-0.3, -0.25) is 0 Å². The minimum Gasteiger partial charge on any atom is -0.496 e. The van der Waals surface area contributed by atoms with E-state index in [1.54, 1.807) is 7.11 Å². The van der Waals surface area contributed by atoms with Crippen molar-refractivity contribution in [3.63, 3.8) is 0 Å². The predicted octanol–water partition coefficient (Wildman–Crippen LogP) is 5.08. The van der Waals surface area contributed by atoms with E-state index in [0.29, 0.717) is 5.92 Å². The second kappa shape index (κ2) is 4.88. The Labute approximate surface area is 117 Å². The summed E-state index contributed by atoms with van der Waals surface area (Å²) in [6.45, 7) is 13.2. The third-order valence-electron chi connectivity index (χ3n) is 4.57. The molecule has 2 rings (SSSR count). The molecule has 1 nitrogen and oxygen atoms in total. The van der Waals surface area contributed by atoms with Gasteiger partial charge >= 0.3 is 0 Å². The molecule has 1 aliphatic carbocycles. The second-order valence-corrected chi connectivity index (χ2v) is 5.75. The van der Waals surface area contributed by atoms with Crippen molar-refractivity contribution in [1.29, 1.82) is 0 Å². The van der Waals surface area contributed by atoms with Gasteiger partial charge in [-0.05, 0) is 58.3 Å². The summed E-state index contributed by atoms with van der Waals surface area (Å²) in [5, 5.41) is 0. The Morgan fingerprint density at radius 3 is 1.84 bits per heavy atom. The number of methoxy groups -OCH3 is 1. The van der Waals surface area contributed by atoms with E-state index in [1.807, 2.05) is 0 Å². The lowest BCUT2D eigenvalue weighted by atomic mass is 9.86. The summed E-state index contributed by atoms with van der Waals surface area (Å²) in [7, 11) is 1.77. The highest BCUT2D eigenvalue weighted by Crippen LogP contribution is 2.46. The van der Waals surface area contributed by atoms with Crippen LogP contribution in [0.4, 0.5) is 0 Å². The molecule has 102 valence electrons. The van der Waals surface area contributed by atoms with Crippen LogP contribution in [0.15, 0.2) is 34.4 Å². The topological polar surface area (TPSA) is 9.23 Å². The number of benzene rings is 1. The van der Waals surface area contributed by atoms with Gasteiger partial charge in [0.15, 0.2) is 0 Å². The van der Waals surface area contributed by atoms with Crippen LogP contribution < -0.4 is 4.74 Å². The van der Waals surface area contributed by atoms with Gasteiger partial charge in [0.2, 0.25) is 0 Å². The number of hydrogen-bond acceptors (Lipinski definition) is 1. The highest BCUT2D eigenvalue weighted by molar-refractivity contribution is 5.58. The molecule has 0 saturated heterocycles. The fraction of sp³-hybridized carbons (Fsp3) is 0.444. The quantitative estimate of drug-likeness (QED) is 0.716. The van der Waals surface area contributed by atoms with E-state index in [-0.39, 0.29) is 0 Å². The molecule has 1 aromatic carbocycles. The molecule has 0 radical (unpaired) electrons. The molecule has 0 fully saturated rings. The summed E-state index contributed by atoms with van der Waals surface area (Å²) in [6.07, 6.45) is 0. The zero-order chi connectivity index (χ0) is 14.3. The van der Waals surface area contributed by atoms with Gasteiger partial charge in [0, 0.05) is 11.5 Å². The van der Waals surface area contributed by atoms with Gasteiger partial charge in [0.1, 0.15) is 5.75 Å². The fourth-order valence-corrected chi connectivity index (χ4v) is 3.30. The fourth-order valence-electron chi connectivity index (χ4n) is 3.30. The van der Waals surface area contributed by atoms with Gasteiger partial charge in [-0.15, -0.1) is 0 Å². The monoisotopic (exact) mass is 256 g/mol. The Bertz CT molecular complexity index is 564. The van der Waals surface area contributed by atoms with E-state index >= 15 is 0 Å². The maximum atomic E-state index is 5.67. The van der Waals surface area contributed by atoms with Crippen molar-refractivity contribution in [2.24, 2.45) is 0 Å². The van der Waals surface area contributed by atoms with Crippen molar-refractivity contribution in [1.82, 2.24) is 0 Å². The minimum absolute atomic E-state index is 0.383. The Morgan fingerprint density at radius 2 is 1.37 bits per heavy atom. The zero-order valence-corrected chi connectivity index (χ0v) is 13.1. The Kier molecular flexibility index (Phi) is 3.58. The van der Waals surface area contributed by atoms with Crippen molar-refractivity contribution in [3.8, 4) is 5.75 Å². The van der Waals surface area contributed by atoms with Crippen molar-refractivity contribution >= 4 is 0 Å². The highest BCUT2D eigenvalue weighted by atomic mass is 16.5. The Morgan fingerprint density at radius 1 is 0.842 bits per heavy atom. The average Bonchev–Trinajstić information content (AvgIpc) is 2.53. The molecule has 0 heterocycles. The largest absolute Gasteiger partial charge is 0.496 e.